The molecule has 94 valence electrons. The van der Waals surface area contributed by atoms with Crippen molar-refractivity contribution in [1.82, 2.24) is 0 Å². The first-order valence-corrected chi connectivity index (χ1v) is 6.83. The molecule has 1 atom stereocenters. The number of phenolic OH excluding ortho intramolecular Hbond substituents is 1. The van der Waals surface area contributed by atoms with Gasteiger partial charge in [-0.25, -0.2) is 4.39 Å². The van der Waals surface area contributed by atoms with Crippen LogP contribution in [0.3, 0.4) is 0 Å². The maximum absolute atomic E-state index is 13.8. The molecule has 0 aromatic heterocycles. The molecule has 0 saturated heterocycles. The lowest BCUT2D eigenvalue weighted by molar-refractivity contribution is 0.297. The zero-order chi connectivity index (χ0) is 12.4. The van der Waals surface area contributed by atoms with Crippen LogP contribution in [0.25, 0.3) is 0 Å². The van der Waals surface area contributed by atoms with Crippen molar-refractivity contribution in [3.8, 4) is 5.75 Å². The van der Waals surface area contributed by atoms with Crippen LogP contribution in [0.1, 0.15) is 43.7 Å². The van der Waals surface area contributed by atoms with Crippen LogP contribution in [-0.4, -0.2) is 5.11 Å². The Morgan fingerprint density at radius 2 is 1.94 bits per heavy atom. The zero-order valence-electron chi connectivity index (χ0n) is 9.63. The molecule has 2 nitrogen and oxygen atoms in total. The van der Waals surface area contributed by atoms with Gasteiger partial charge >= 0.3 is 0 Å². The number of nitrogens with two attached hydrogens (primary N) is 1. The number of halogens is 2. The summed E-state index contributed by atoms with van der Waals surface area (Å²) >= 11 is 3.20. The van der Waals surface area contributed by atoms with E-state index in [-0.39, 0.29) is 17.2 Å². The molecule has 1 fully saturated rings. The summed E-state index contributed by atoms with van der Waals surface area (Å²) in [6.07, 6.45) is 5.57. The fraction of sp³-hybridized carbons (Fsp3) is 0.538. The average molecular weight is 302 g/mol. The van der Waals surface area contributed by atoms with Gasteiger partial charge in [-0.3, -0.25) is 0 Å². The number of rotatable bonds is 2. The topological polar surface area (TPSA) is 46.2 Å². The second kappa shape index (κ2) is 5.36. The van der Waals surface area contributed by atoms with Crippen molar-refractivity contribution in [2.24, 2.45) is 11.7 Å². The molecule has 1 aliphatic rings. The molecule has 0 unspecified atom stereocenters. The third-order valence-corrected chi connectivity index (χ3v) is 4.25. The number of benzene rings is 1. The lowest BCUT2D eigenvalue weighted by atomic mass is 9.81. The molecule has 0 spiro atoms. The quantitative estimate of drug-likeness (QED) is 0.871. The van der Waals surface area contributed by atoms with E-state index < -0.39 is 11.9 Å². The van der Waals surface area contributed by atoms with Gasteiger partial charge in [0.05, 0.1) is 4.47 Å². The highest BCUT2D eigenvalue weighted by Crippen LogP contribution is 2.40. The van der Waals surface area contributed by atoms with Gasteiger partial charge in [-0.05, 0) is 46.8 Å². The van der Waals surface area contributed by atoms with Crippen LogP contribution in [0.5, 0.6) is 5.75 Å². The van der Waals surface area contributed by atoms with Crippen molar-refractivity contribution in [2.45, 2.75) is 38.1 Å². The van der Waals surface area contributed by atoms with Crippen LogP contribution in [0.15, 0.2) is 16.6 Å². The van der Waals surface area contributed by atoms with Gasteiger partial charge in [0, 0.05) is 11.6 Å². The van der Waals surface area contributed by atoms with Gasteiger partial charge in [-0.1, -0.05) is 19.3 Å². The molecule has 2 rings (SSSR count). The summed E-state index contributed by atoms with van der Waals surface area (Å²) in [5.74, 6) is -0.190. The standard InChI is InChI=1S/C13H17BrFNO/c14-9-6-7-10(15)11(13(9)17)12(16)8-4-2-1-3-5-8/h6-8,12,17H,1-5,16H2/t12-/m0/s1. The van der Waals surface area contributed by atoms with E-state index in [0.29, 0.717) is 4.47 Å². The first-order chi connectivity index (χ1) is 8.11. The van der Waals surface area contributed by atoms with Crippen molar-refractivity contribution in [1.29, 1.82) is 0 Å². The van der Waals surface area contributed by atoms with E-state index >= 15 is 0 Å². The van der Waals surface area contributed by atoms with Crippen molar-refractivity contribution in [2.75, 3.05) is 0 Å². The van der Waals surface area contributed by atoms with Gasteiger partial charge in [-0.2, -0.15) is 0 Å². The van der Waals surface area contributed by atoms with E-state index in [9.17, 15) is 9.50 Å². The van der Waals surface area contributed by atoms with Crippen molar-refractivity contribution < 1.29 is 9.50 Å². The third-order valence-electron chi connectivity index (χ3n) is 3.61. The maximum Gasteiger partial charge on any atom is 0.137 e. The fourth-order valence-corrected chi connectivity index (χ4v) is 2.95. The number of aromatic hydroxyl groups is 1. The van der Waals surface area contributed by atoms with E-state index in [1.54, 1.807) is 0 Å². The molecule has 1 aromatic rings. The van der Waals surface area contributed by atoms with Crippen molar-refractivity contribution >= 4 is 15.9 Å². The van der Waals surface area contributed by atoms with Gasteiger partial charge in [-0.15, -0.1) is 0 Å². The van der Waals surface area contributed by atoms with Gasteiger partial charge < -0.3 is 10.8 Å². The molecule has 1 saturated carbocycles. The molecule has 0 amide bonds. The molecule has 0 bridgehead atoms. The summed E-state index contributed by atoms with van der Waals surface area (Å²) in [7, 11) is 0. The average Bonchev–Trinajstić information content (AvgIpc) is 2.35. The third kappa shape index (κ3) is 2.63. The van der Waals surface area contributed by atoms with Crippen LogP contribution in [-0.2, 0) is 0 Å². The highest BCUT2D eigenvalue weighted by Gasteiger charge is 2.27. The Labute approximate surface area is 109 Å². The molecule has 1 aromatic carbocycles. The Bertz CT molecular complexity index is 405. The Morgan fingerprint density at radius 1 is 1.29 bits per heavy atom. The monoisotopic (exact) mass is 301 g/mol. The summed E-state index contributed by atoms with van der Waals surface area (Å²) < 4.78 is 14.3. The first kappa shape index (κ1) is 12.8. The van der Waals surface area contributed by atoms with Crippen LogP contribution in [0.2, 0.25) is 0 Å². The van der Waals surface area contributed by atoms with Gasteiger partial charge in [0.2, 0.25) is 0 Å². The largest absolute Gasteiger partial charge is 0.506 e. The Kier molecular flexibility index (Phi) is 4.05. The van der Waals surface area contributed by atoms with Crippen LogP contribution >= 0.6 is 15.9 Å². The minimum atomic E-state index is -0.413. The molecule has 0 aliphatic heterocycles. The van der Waals surface area contributed by atoms with E-state index in [1.165, 1.54) is 18.6 Å². The molecule has 1 aliphatic carbocycles. The van der Waals surface area contributed by atoms with Crippen molar-refractivity contribution in [3.05, 3.63) is 28.0 Å². The van der Waals surface area contributed by atoms with Crippen LogP contribution in [0.4, 0.5) is 4.39 Å². The Balaban J connectivity index is 2.29. The summed E-state index contributed by atoms with van der Waals surface area (Å²) in [6, 6.07) is 2.44. The molecule has 17 heavy (non-hydrogen) atoms. The summed E-state index contributed by atoms with van der Waals surface area (Å²) in [5.41, 5.74) is 6.38. The second-order valence-electron chi connectivity index (χ2n) is 4.72. The molecule has 0 heterocycles. The first-order valence-electron chi connectivity index (χ1n) is 6.03. The molecule has 3 N–H and O–H groups in total. The summed E-state index contributed by atoms with van der Waals surface area (Å²) in [4.78, 5) is 0. The van der Waals surface area contributed by atoms with Crippen LogP contribution < -0.4 is 5.73 Å². The number of phenols is 1. The Hall–Kier alpha value is -0.610. The van der Waals surface area contributed by atoms with Gasteiger partial charge in [0.15, 0.2) is 0 Å². The van der Waals surface area contributed by atoms with Crippen LogP contribution in [0, 0.1) is 11.7 Å². The van der Waals surface area contributed by atoms with Gasteiger partial charge in [0.1, 0.15) is 11.6 Å². The molecular formula is C13H17BrFNO. The predicted octanol–water partition coefficient (Wildman–Crippen LogP) is 3.87. The number of hydrogen-bond acceptors (Lipinski definition) is 2. The normalized spacial score (nSPS) is 19.2. The minimum Gasteiger partial charge on any atom is -0.506 e. The molecular weight excluding hydrogens is 285 g/mol. The SMILES string of the molecule is N[C@H](c1c(F)ccc(Br)c1O)C1CCCCC1. The smallest absolute Gasteiger partial charge is 0.137 e. The minimum absolute atomic E-state index is 0.0527. The fourth-order valence-electron chi connectivity index (χ4n) is 2.60. The predicted molar refractivity (Wildman–Crippen MR) is 69.3 cm³/mol. The highest BCUT2D eigenvalue weighted by molar-refractivity contribution is 9.10. The van der Waals surface area contributed by atoms with E-state index in [0.717, 1.165) is 25.7 Å². The number of hydrogen-bond donors (Lipinski definition) is 2. The lowest BCUT2D eigenvalue weighted by Gasteiger charge is -2.28. The van der Waals surface area contributed by atoms with E-state index in [2.05, 4.69) is 15.9 Å². The highest BCUT2D eigenvalue weighted by atomic mass is 79.9. The lowest BCUT2D eigenvalue weighted by Crippen LogP contribution is -2.24. The maximum atomic E-state index is 13.8. The van der Waals surface area contributed by atoms with Gasteiger partial charge in [0.25, 0.3) is 0 Å². The second-order valence-corrected chi connectivity index (χ2v) is 5.57. The van der Waals surface area contributed by atoms with E-state index in [1.807, 2.05) is 0 Å². The van der Waals surface area contributed by atoms with Crippen molar-refractivity contribution in [3.63, 3.8) is 0 Å². The molecule has 0 radical (unpaired) electrons. The zero-order valence-corrected chi connectivity index (χ0v) is 11.2. The van der Waals surface area contributed by atoms with E-state index in [4.69, 9.17) is 5.73 Å². The molecule has 4 heteroatoms. The summed E-state index contributed by atoms with van der Waals surface area (Å²) in [6.45, 7) is 0. The Morgan fingerprint density at radius 3 is 2.59 bits per heavy atom. The summed E-state index contributed by atoms with van der Waals surface area (Å²) in [5, 5.41) is 9.91.